The second-order valence-corrected chi connectivity index (χ2v) is 5.28. The summed E-state index contributed by atoms with van der Waals surface area (Å²) >= 11 is 0. The second kappa shape index (κ2) is 4.27. The van der Waals surface area contributed by atoms with Gasteiger partial charge in [-0.15, -0.1) is 0 Å². The Hall–Kier alpha value is -0.960. The van der Waals surface area contributed by atoms with E-state index in [0.29, 0.717) is 0 Å². The number of nitrogens with zero attached hydrogens (tertiary/aromatic N) is 2. The third kappa shape index (κ3) is 2.99. The summed E-state index contributed by atoms with van der Waals surface area (Å²) in [5.41, 5.74) is 0.749. The molecule has 0 aliphatic heterocycles. The molecule has 0 amide bonds. The lowest BCUT2D eigenvalue weighted by Crippen LogP contribution is -2.17. The van der Waals surface area contributed by atoms with Crippen LogP contribution in [-0.2, 0) is 5.41 Å². The first kappa shape index (κ1) is 12.1. The zero-order valence-electron chi connectivity index (χ0n) is 10.2. The van der Waals surface area contributed by atoms with Gasteiger partial charge in [0.2, 0.25) is 0 Å². The Morgan fingerprint density at radius 2 is 1.60 bits per heavy atom. The van der Waals surface area contributed by atoms with Crippen LogP contribution in [0.1, 0.15) is 52.1 Å². The monoisotopic (exact) mass is 208 g/mol. The summed E-state index contributed by atoms with van der Waals surface area (Å²) < 4.78 is 0. The molecule has 1 aromatic heterocycles. The van der Waals surface area contributed by atoms with E-state index in [1.54, 1.807) is 12.4 Å². The average molecular weight is 208 g/mol. The number of hydrogen-bond acceptors (Lipinski definition) is 3. The third-order valence-corrected chi connectivity index (χ3v) is 2.32. The standard InChI is InChI=1S/C12H20N2O/c1-8(2)10(15)9-6-13-11(14-7-9)12(3,4)5/h6-8,10,15H,1-5H3. The zero-order chi connectivity index (χ0) is 11.6. The zero-order valence-corrected chi connectivity index (χ0v) is 10.2. The largest absolute Gasteiger partial charge is 0.388 e. The van der Waals surface area contributed by atoms with E-state index in [-0.39, 0.29) is 11.3 Å². The minimum absolute atomic E-state index is 0.0404. The van der Waals surface area contributed by atoms with Gasteiger partial charge in [-0.05, 0) is 5.92 Å². The van der Waals surface area contributed by atoms with Gasteiger partial charge >= 0.3 is 0 Å². The van der Waals surface area contributed by atoms with Gasteiger partial charge in [-0.1, -0.05) is 34.6 Å². The Morgan fingerprint density at radius 3 is 1.93 bits per heavy atom. The molecule has 84 valence electrons. The van der Waals surface area contributed by atoms with Gasteiger partial charge in [0, 0.05) is 23.4 Å². The van der Waals surface area contributed by atoms with Gasteiger partial charge in [-0.3, -0.25) is 0 Å². The van der Waals surface area contributed by atoms with Crippen molar-refractivity contribution in [2.75, 3.05) is 0 Å². The number of rotatable bonds is 2. The van der Waals surface area contributed by atoms with E-state index in [2.05, 4.69) is 30.7 Å². The summed E-state index contributed by atoms with van der Waals surface area (Å²) in [6.45, 7) is 10.2. The summed E-state index contributed by atoms with van der Waals surface area (Å²) in [7, 11) is 0. The van der Waals surface area contributed by atoms with E-state index in [9.17, 15) is 5.11 Å². The molecule has 1 atom stereocenters. The van der Waals surface area contributed by atoms with Crippen molar-refractivity contribution in [2.24, 2.45) is 5.92 Å². The molecular formula is C12H20N2O. The van der Waals surface area contributed by atoms with E-state index >= 15 is 0 Å². The van der Waals surface area contributed by atoms with Crippen molar-refractivity contribution in [1.82, 2.24) is 9.97 Å². The SMILES string of the molecule is CC(C)C(O)c1cnc(C(C)(C)C)nc1. The number of hydrogen-bond donors (Lipinski definition) is 1. The molecule has 0 aliphatic carbocycles. The molecule has 0 saturated heterocycles. The van der Waals surface area contributed by atoms with Crippen molar-refractivity contribution in [3.63, 3.8) is 0 Å². The fraction of sp³-hybridized carbons (Fsp3) is 0.667. The number of aromatic nitrogens is 2. The van der Waals surface area contributed by atoms with Crippen molar-refractivity contribution >= 4 is 0 Å². The van der Waals surface area contributed by atoms with Crippen molar-refractivity contribution in [3.8, 4) is 0 Å². The molecule has 1 aromatic rings. The van der Waals surface area contributed by atoms with Gasteiger partial charge in [0.25, 0.3) is 0 Å². The van der Waals surface area contributed by atoms with Gasteiger partial charge < -0.3 is 5.11 Å². The lowest BCUT2D eigenvalue weighted by molar-refractivity contribution is 0.126. The fourth-order valence-corrected chi connectivity index (χ4v) is 1.26. The molecule has 3 nitrogen and oxygen atoms in total. The Morgan fingerprint density at radius 1 is 1.13 bits per heavy atom. The van der Waals surface area contributed by atoms with E-state index in [1.165, 1.54) is 0 Å². The smallest absolute Gasteiger partial charge is 0.133 e. The first-order chi connectivity index (χ1) is 6.82. The number of aliphatic hydroxyl groups is 1. The van der Waals surface area contributed by atoms with Crippen LogP contribution in [0.25, 0.3) is 0 Å². The van der Waals surface area contributed by atoms with Crippen molar-refractivity contribution < 1.29 is 5.11 Å². The summed E-state index contributed by atoms with van der Waals surface area (Å²) in [4.78, 5) is 8.56. The number of aliphatic hydroxyl groups excluding tert-OH is 1. The minimum atomic E-state index is -0.473. The Kier molecular flexibility index (Phi) is 3.45. The molecule has 15 heavy (non-hydrogen) atoms. The Bertz CT molecular complexity index is 311. The molecule has 0 radical (unpaired) electrons. The predicted molar refractivity (Wildman–Crippen MR) is 60.5 cm³/mol. The molecule has 0 spiro atoms. The molecule has 0 aliphatic rings. The fourth-order valence-electron chi connectivity index (χ4n) is 1.26. The predicted octanol–water partition coefficient (Wildman–Crippen LogP) is 2.46. The molecule has 1 heterocycles. The molecule has 3 heteroatoms. The van der Waals surface area contributed by atoms with Crippen LogP contribution >= 0.6 is 0 Å². The maximum absolute atomic E-state index is 9.81. The van der Waals surface area contributed by atoms with Crippen molar-refractivity contribution in [2.45, 2.75) is 46.1 Å². The van der Waals surface area contributed by atoms with E-state index in [1.807, 2.05) is 13.8 Å². The quantitative estimate of drug-likeness (QED) is 0.812. The minimum Gasteiger partial charge on any atom is -0.388 e. The maximum atomic E-state index is 9.81. The lowest BCUT2D eigenvalue weighted by atomic mass is 9.95. The van der Waals surface area contributed by atoms with Crippen LogP contribution in [0.15, 0.2) is 12.4 Å². The van der Waals surface area contributed by atoms with Gasteiger partial charge in [0.05, 0.1) is 6.10 Å². The van der Waals surface area contributed by atoms with Crippen LogP contribution in [0.2, 0.25) is 0 Å². The van der Waals surface area contributed by atoms with Crippen LogP contribution in [0.5, 0.6) is 0 Å². The van der Waals surface area contributed by atoms with E-state index in [0.717, 1.165) is 11.4 Å². The van der Waals surface area contributed by atoms with Crippen molar-refractivity contribution in [3.05, 3.63) is 23.8 Å². The van der Waals surface area contributed by atoms with Crippen LogP contribution in [-0.4, -0.2) is 15.1 Å². The topological polar surface area (TPSA) is 46.0 Å². The van der Waals surface area contributed by atoms with Crippen LogP contribution in [0, 0.1) is 5.92 Å². The molecule has 1 N–H and O–H groups in total. The molecular weight excluding hydrogens is 188 g/mol. The highest BCUT2D eigenvalue weighted by Crippen LogP contribution is 2.22. The molecule has 1 unspecified atom stereocenters. The summed E-state index contributed by atoms with van der Waals surface area (Å²) in [5.74, 6) is 0.997. The van der Waals surface area contributed by atoms with Crippen molar-refractivity contribution in [1.29, 1.82) is 0 Å². The maximum Gasteiger partial charge on any atom is 0.133 e. The average Bonchev–Trinajstić information content (AvgIpc) is 2.15. The van der Waals surface area contributed by atoms with Gasteiger partial charge in [0.1, 0.15) is 5.82 Å². The highest BCUT2D eigenvalue weighted by atomic mass is 16.3. The highest BCUT2D eigenvalue weighted by molar-refractivity contribution is 5.12. The van der Waals surface area contributed by atoms with Gasteiger partial charge in [-0.25, -0.2) is 9.97 Å². The first-order valence-electron chi connectivity index (χ1n) is 5.33. The van der Waals surface area contributed by atoms with E-state index in [4.69, 9.17) is 0 Å². The van der Waals surface area contributed by atoms with Crippen LogP contribution < -0.4 is 0 Å². The van der Waals surface area contributed by atoms with Crippen LogP contribution in [0.3, 0.4) is 0 Å². The van der Waals surface area contributed by atoms with Gasteiger partial charge in [0.15, 0.2) is 0 Å². The lowest BCUT2D eigenvalue weighted by Gasteiger charge is -2.18. The normalized spacial score (nSPS) is 14.3. The molecule has 0 aromatic carbocycles. The molecule has 1 rings (SSSR count). The summed E-state index contributed by atoms with van der Waals surface area (Å²) in [5, 5.41) is 9.81. The highest BCUT2D eigenvalue weighted by Gasteiger charge is 2.18. The molecule has 0 saturated carbocycles. The molecule has 0 bridgehead atoms. The first-order valence-corrected chi connectivity index (χ1v) is 5.33. The third-order valence-electron chi connectivity index (χ3n) is 2.32. The second-order valence-electron chi connectivity index (χ2n) is 5.28. The Labute approximate surface area is 91.6 Å². The summed E-state index contributed by atoms with van der Waals surface area (Å²) in [6.07, 6.45) is 2.97. The van der Waals surface area contributed by atoms with E-state index < -0.39 is 6.10 Å². The van der Waals surface area contributed by atoms with Gasteiger partial charge in [-0.2, -0.15) is 0 Å². The Balaban J connectivity index is 2.91. The van der Waals surface area contributed by atoms with Crippen LogP contribution in [0.4, 0.5) is 0 Å². The summed E-state index contributed by atoms with van der Waals surface area (Å²) in [6, 6.07) is 0. The molecule has 0 fully saturated rings.